The molecule has 2 N–H and O–H groups in total. The fourth-order valence-corrected chi connectivity index (χ4v) is 13.6. The zero-order chi connectivity index (χ0) is 71.5. The van der Waals surface area contributed by atoms with Gasteiger partial charge in [0, 0.05) is 84.7 Å². The first kappa shape index (κ1) is 73.1. The molecule has 4 atom stereocenters. The number of likely N-dealkylation sites (tertiary alicyclic amines) is 2. The van der Waals surface area contributed by atoms with Gasteiger partial charge in [-0.1, -0.05) is 24.3 Å². The van der Waals surface area contributed by atoms with Gasteiger partial charge in [-0.15, -0.1) is 0 Å². The molecule has 0 unspecified atom stereocenters. The molecule has 4 aromatic carbocycles. The number of carbonyl (C=O) groups excluding carboxylic acids is 2. The van der Waals surface area contributed by atoms with Gasteiger partial charge in [-0.05, 0) is 138 Å². The van der Waals surface area contributed by atoms with Gasteiger partial charge in [0.2, 0.25) is 23.7 Å². The molecule has 0 radical (unpaired) electrons. The van der Waals surface area contributed by atoms with E-state index in [2.05, 4.69) is 40.5 Å². The Morgan fingerprint density at radius 3 is 1.23 bits per heavy atom. The van der Waals surface area contributed by atoms with Crippen LogP contribution in [0.15, 0.2) is 110 Å². The van der Waals surface area contributed by atoms with Crippen molar-refractivity contribution >= 4 is 65.3 Å². The van der Waals surface area contributed by atoms with E-state index in [1.165, 1.54) is 71.0 Å². The van der Waals surface area contributed by atoms with E-state index in [0.29, 0.717) is 33.6 Å². The molecule has 4 aromatic heterocycles. The Hall–Kier alpha value is -9.20. The Morgan fingerprint density at radius 1 is 0.510 bits per heavy atom. The number of carbonyl (C=O) groups is 2. The average Bonchev–Trinajstić information content (AvgIpc) is 0.775. The number of hydrogen-bond acceptors (Lipinski definition) is 18. The van der Waals surface area contributed by atoms with Gasteiger partial charge in [-0.3, -0.25) is 0 Å². The highest BCUT2D eigenvalue weighted by atomic mass is 32.2. The van der Waals surface area contributed by atoms with Crippen LogP contribution in [0.1, 0.15) is 76.6 Å². The van der Waals surface area contributed by atoms with Gasteiger partial charge in [0.1, 0.15) is 58.2 Å². The number of hydrogen-bond donors (Lipinski definition) is 2. The number of fused-ring (bicyclic) bond motifs is 2. The molecule has 524 valence electrons. The molecule has 0 aliphatic carbocycles. The number of halogens is 10. The summed E-state index contributed by atoms with van der Waals surface area (Å²) in [5.74, 6) is -7.66. The number of piperidine rings is 2. The SMILES string of the molecule is Cc1ccc2c(CS(=O)(=O)CC(F)(F)F)c(F)ccc2c1Oc1ncccc1-c1ccnc(N[C@@H]2C[C@@H](F)CN(C(=O)OC(C)(C)C)C2)n1.Cc1ccc2c(CS(=O)(=O)CC(F)(F)F)c(F)ccc2c1Oc1ncccc1-c1ccnc(N[C@H]2C[C@H](F)CN(C(=O)OC(C)(C)C)C2)n1. The van der Waals surface area contributed by atoms with Gasteiger partial charge in [-0.2, -0.15) is 26.3 Å². The lowest BCUT2D eigenvalue weighted by atomic mass is 10.0. The smallest absolute Gasteiger partial charge is 0.410 e. The third-order valence-electron chi connectivity index (χ3n) is 14.9. The van der Waals surface area contributed by atoms with Gasteiger partial charge in [0.25, 0.3) is 0 Å². The number of alkyl halides is 8. The molecule has 20 nitrogen and oxygen atoms in total. The van der Waals surface area contributed by atoms with E-state index < -0.39 is 126 Å². The van der Waals surface area contributed by atoms with Gasteiger partial charge in [0.15, 0.2) is 19.7 Å². The number of aromatic nitrogens is 6. The van der Waals surface area contributed by atoms with Crippen molar-refractivity contribution in [3.8, 4) is 45.8 Å². The third-order valence-corrected chi connectivity index (χ3v) is 17.9. The van der Waals surface area contributed by atoms with E-state index >= 15 is 0 Å². The number of pyridine rings is 2. The second kappa shape index (κ2) is 29.1. The standard InChI is InChI=1S/2C33H34F5N5O5S/c2*1-19-7-8-22-23(9-10-26(35)25(22)17-49(45,46)18-33(36,37)38)28(19)47-29-24(6-5-12-39-29)27-11-13-40-30(42-27)41-21-14-20(34)15-43(16-21)31(44)48-32(2,3)4/h2*5-13,20-21H,14-18H2,1-4H3,(H,40,41,42)/t2*20-,21-/m10/s1. The van der Waals surface area contributed by atoms with Crippen molar-refractivity contribution < 1.29 is 89.3 Å². The van der Waals surface area contributed by atoms with Crippen LogP contribution in [0.3, 0.4) is 0 Å². The lowest BCUT2D eigenvalue weighted by Crippen LogP contribution is -2.51. The van der Waals surface area contributed by atoms with E-state index in [1.54, 1.807) is 91.8 Å². The van der Waals surface area contributed by atoms with Gasteiger partial charge >= 0.3 is 24.5 Å². The second-order valence-electron chi connectivity index (χ2n) is 25.5. The van der Waals surface area contributed by atoms with Crippen LogP contribution >= 0.6 is 0 Å². The zero-order valence-electron chi connectivity index (χ0n) is 54.0. The molecule has 10 rings (SSSR count). The highest BCUT2D eigenvalue weighted by Crippen LogP contribution is 2.42. The summed E-state index contributed by atoms with van der Waals surface area (Å²) in [6.45, 7) is 13.8. The van der Waals surface area contributed by atoms with Crippen LogP contribution in [0.25, 0.3) is 44.1 Å². The molecule has 6 heterocycles. The Morgan fingerprint density at radius 2 is 0.878 bits per heavy atom. The predicted octanol–water partition coefficient (Wildman–Crippen LogP) is 14.3. The molecule has 2 fully saturated rings. The summed E-state index contributed by atoms with van der Waals surface area (Å²) in [6.07, 6.45) is -7.75. The molecule has 2 saturated heterocycles. The maximum absolute atomic E-state index is 14.9. The van der Waals surface area contributed by atoms with Crippen molar-refractivity contribution in [3.05, 3.63) is 144 Å². The number of anilines is 2. The number of nitrogens with zero attached hydrogens (tertiary/aromatic N) is 8. The number of sulfone groups is 2. The molecular formula is C66H68F10N10O10S2. The summed E-state index contributed by atoms with van der Waals surface area (Å²) in [4.78, 5) is 54.1. The third kappa shape index (κ3) is 19.5. The largest absolute Gasteiger partial charge is 0.444 e. The summed E-state index contributed by atoms with van der Waals surface area (Å²) in [6, 6.07) is 19.4. The van der Waals surface area contributed by atoms with Crippen molar-refractivity contribution in [3.63, 3.8) is 0 Å². The van der Waals surface area contributed by atoms with E-state index in [1.807, 2.05) is 0 Å². The number of aryl methyl sites for hydroxylation is 2. The Labute approximate surface area is 557 Å². The first-order valence-electron chi connectivity index (χ1n) is 30.4. The van der Waals surface area contributed by atoms with Crippen LogP contribution in [0.2, 0.25) is 0 Å². The molecule has 2 amide bonds. The molecule has 0 bridgehead atoms. The van der Waals surface area contributed by atoms with E-state index in [0.717, 1.165) is 12.1 Å². The van der Waals surface area contributed by atoms with Crippen molar-refractivity contribution in [1.29, 1.82) is 0 Å². The minimum Gasteiger partial charge on any atom is -0.444 e. The van der Waals surface area contributed by atoms with Crippen molar-refractivity contribution in [2.45, 2.75) is 128 Å². The van der Waals surface area contributed by atoms with Crippen molar-refractivity contribution in [2.75, 3.05) is 48.3 Å². The first-order chi connectivity index (χ1) is 45.7. The minimum atomic E-state index is -4.98. The normalized spacial score (nSPS) is 17.2. The topological polar surface area (TPSA) is 247 Å². The molecule has 98 heavy (non-hydrogen) atoms. The Kier molecular flexibility index (Phi) is 21.7. The van der Waals surface area contributed by atoms with Crippen LogP contribution in [0.4, 0.5) is 65.4 Å². The zero-order valence-corrected chi connectivity index (χ0v) is 55.7. The second-order valence-corrected chi connectivity index (χ2v) is 29.7. The lowest BCUT2D eigenvalue weighted by Gasteiger charge is -2.36. The lowest BCUT2D eigenvalue weighted by molar-refractivity contribution is -0.107. The number of nitrogens with one attached hydrogen (secondary N) is 2. The molecular weight excluding hydrogens is 1350 g/mol. The molecule has 0 spiro atoms. The Balaban J connectivity index is 0.000000229. The molecule has 8 aromatic rings. The van der Waals surface area contributed by atoms with E-state index in [4.69, 9.17) is 18.9 Å². The highest BCUT2D eigenvalue weighted by molar-refractivity contribution is 7.91. The van der Waals surface area contributed by atoms with Crippen LogP contribution in [0, 0.1) is 25.5 Å². The number of ether oxygens (including phenoxy) is 4. The summed E-state index contributed by atoms with van der Waals surface area (Å²) in [5, 5.41) is 6.82. The van der Waals surface area contributed by atoms with Crippen LogP contribution < -0.4 is 20.1 Å². The fraction of sp³-hybridized carbons (Fsp3) is 0.394. The average molecular weight is 1420 g/mol. The maximum Gasteiger partial charge on any atom is 0.410 e. The highest BCUT2D eigenvalue weighted by Gasteiger charge is 2.39. The van der Waals surface area contributed by atoms with Gasteiger partial charge in [-0.25, -0.2) is 73.9 Å². The van der Waals surface area contributed by atoms with E-state index in [-0.39, 0.29) is 95.7 Å². The van der Waals surface area contributed by atoms with Crippen LogP contribution in [-0.4, -0.2) is 154 Å². The number of amides is 2. The Bertz CT molecular complexity index is 4220. The predicted molar refractivity (Wildman–Crippen MR) is 345 cm³/mol. The fourth-order valence-electron chi connectivity index (χ4n) is 10.9. The van der Waals surface area contributed by atoms with Crippen molar-refractivity contribution in [2.24, 2.45) is 0 Å². The summed E-state index contributed by atoms with van der Waals surface area (Å²) in [7, 11) is -9.50. The molecule has 2 aliphatic rings. The first-order valence-corrected chi connectivity index (χ1v) is 34.0. The summed E-state index contributed by atoms with van der Waals surface area (Å²) < 4.78 is 209. The minimum absolute atomic E-state index is 0.0657. The van der Waals surface area contributed by atoms with Gasteiger partial charge < -0.3 is 39.4 Å². The molecule has 32 heteroatoms. The maximum atomic E-state index is 14.9. The van der Waals surface area contributed by atoms with Crippen molar-refractivity contribution in [1.82, 2.24) is 39.7 Å². The van der Waals surface area contributed by atoms with Crippen LogP contribution in [0.5, 0.6) is 23.3 Å². The van der Waals surface area contributed by atoms with Crippen LogP contribution in [-0.2, 0) is 40.7 Å². The number of rotatable bonds is 16. The van der Waals surface area contributed by atoms with Gasteiger partial charge in [0.05, 0.1) is 47.1 Å². The summed E-state index contributed by atoms with van der Waals surface area (Å²) >= 11 is 0. The monoisotopic (exact) mass is 1410 g/mol. The molecule has 0 saturated carbocycles. The number of benzene rings is 4. The summed E-state index contributed by atoms with van der Waals surface area (Å²) in [5.41, 5.74) is 0.319. The van der Waals surface area contributed by atoms with E-state index in [9.17, 15) is 70.3 Å². The quantitative estimate of drug-likeness (QED) is 0.0853. The molecule has 2 aliphatic heterocycles.